The summed E-state index contributed by atoms with van der Waals surface area (Å²) in [5.41, 5.74) is 2.89. The summed E-state index contributed by atoms with van der Waals surface area (Å²) in [5, 5.41) is 0. The maximum absolute atomic E-state index is 13.1. The van der Waals surface area contributed by atoms with Crippen molar-refractivity contribution in [2.75, 3.05) is 27.2 Å². The minimum atomic E-state index is -0.514. The molecule has 2 heterocycles. The molecule has 0 N–H and O–H groups in total. The van der Waals surface area contributed by atoms with Crippen molar-refractivity contribution in [2.24, 2.45) is 0 Å². The van der Waals surface area contributed by atoms with Crippen molar-refractivity contribution in [1.82, 2.24) is 9.80 Å². The number of rotatable bonds is 3. The molecule has 0 aliphatic carbocycles. The first kappa shape index (κ1) is 18.1. The van der Waals surface area contributed by atoms with E-state index in [9.17, 15) is 9.18 Å². The number of hydrogen-bond donors (Lipinski definition) is 0. The second-order valence-corrected chi connectivity index (χ2v) is 7.71. The zero-order chi connectivity index (χ0) is 19.0. The molecule has 0 saturated carbocycles. The van der Waals surface area contributed by atoms with E-state index in [-0.39, 0.29) is 17.3 Å². The number of amides is 1. The van der Waals surface area contributed by atoms with Crippen LogP contribution in [-0.2, 0) is 21.7 Å². The van der Waals surface area contributed by atoms with Crippen LogP contribution in [-0.4, -0.2) is 42.9 Å². The summed E-state index contributed by atoms with van der Waals surface area (Å²) in [6, 6.07) is 14.8. The van der Waals surface area contributed by atoms with Gasteiger partial charge >= 0.3 is 0 Å². The Morgan fingerprint density at radius 3 is 2.48 bits per heavy atom. The Balaban J connectivity index is 1.50. The molecule has 1 saturated heterocycles. The van der Waals surface area contributed by atoms with Crippen molar-refractivity contribution >= 4 is 5.91 Å². The molecule has 2 aliphatic rings. The van der Waals surface area contributed by atoms with Gasteiger partial charge in [-0.2, -0.15) is 0 Å². The van der Waals surface area contributed by atoms with Crippen LogP contribution in [0.2, 0.25) is 0 Å². The second kappa shape index (κ2) is 7.06. The highest BCUT2D eigenvalue weighted by Crippen LogP contribution is 2.49. The fourth-order valence-electron chi connectivity index (χ4n) is 4.22. The Labute approximate surface area is 159 Å². The van der Waals surface area contributed by atoms with E-state index in [0.717, 1.165) is 49.2 Å². The third kappa shape index (κ3) is 3.37. The lowest BCUT2D eigenvalue weighted by Crippen LogP contribution is -2.43. The van der Waals surface area contributed by atoms with Gasteiger partial charge in [0.25, 0.3) is 5.91 Å². The number of halogens is 1. The number of benzene rings is 2. The molecule has 1 amide bonds. The van der Waals surface area contributed by atoms with Crippen LogP contribution >= 0.6 is 0 Å². The van der Waals surface area contributed by atoms with E-state index < -0.39 is 6.10 Å². The molecule has 0 bridgehead atoms. The van der Waals surface area contributed by atoms with Crippen LogP contribution in [0.25, 0.3) is 0 Å². The van der Waals surface area contributed by atoms with Crippen molar-refractivity contribution in [3.05, 3.63) is 71.0 Å². The van der Waals surface area contributed by atoms with E-state index in [0.29, 0.717) is 0 Å². The van der Waals surface area contributed by atoms with Crippen LogP contribution in [0.3, 0.4) is 0 Å². The second-order valence-electron chi connectivity index (χ2n) is 7.71. The zero-order valence-electron chi connectivity index (χ0n) is 15.8. The van der Waals surface area contributed by atoms with Crippen LogP contribution < -0.4 is 0 Å². The molecule has 0 aromatic heterocycles. The molecule has 5 heteroatoms. The topological polar surface area (TPSA) is 32.8 Å². The van der Waals surface area contributed by atoms with Crippen LogP contribution in [0.15, 0.2) is 48.5 Å². The number of hydrogen-bond acceptors (Lipinski definition) is 3. The van der Waals surface area contributed by atoms with Gasteiger partial charge in [-0.25, -0.2) is 4.39 Å². The minimum Gasteiger partial charge on any atom is -0.352 e. The van der Waals surface area contributed by atoms with Crippen molar-refractivity contribution in [1.29, 1.82) is 0 Å². The lowest BCUT2D eigenvalue weighted by molar-refractivity contribution is -0.158. The summed E-state index contributed by atoms with van der Waals surface area (Å²) >= 11 is 0. The molecular weight excluding hydrogens is 343 g/mol. The molecule has 142 valence electrons. The van der Waals surface area contributed by atoms with Gasteiger partial charge in [0.2, 0.25) is 0 Å². The van der Waals surface area contributed by atoms with Crippen molar-refractivity contribution in [3.8, 4) is 0 Å². The zero-order valence-corrected chi connectivity index (χ0v) is 15.8. The minimum absolute atomic E-state index is 0.00642. The Morgan fingerprint density at radius 2 is 1.81 bits per heavy atom. The summed E-state index contributed by atoms with van der Waals surface area (Å²) in [4.78, 5) is 16.6. The highest BCUT2D eigenvalue weighted by molar-refractivity contribution is 5.83. The summed E-state index contributed by atoms with van der Waals surface area (Å²) in [6.07, 6.45) is 1.19. The summed E-state index contributed by atoms with van der Waals surface area (Å²) in [6.45, 7) is 2.57. The summed E-state index contributed by atoms with van der Waals surface area (Å²) in [7, 11) is 3.54. The molecule has 2 aliphatic heterocycles. The fourth-order valence-corrected chi connectivity index (χ4v) is 4.22. The molecule has 27 heavy (non-hydrogen) atoms. The molecule has 1 unspecified atom stereocenters. The van der Waals surface area contributed by atoms with Gasteiger partial charge in [0.05, 0.1) is 5.60 Å². The van der Waals surface area contributed by atoms with Gasteiger partial charge in [-0.15, -0.1) is 0 Å². The third-order valence-corrected chi connectivity index (χ3v) is 5.73. The first-order valence-corrected chi connectivity index (χ1v) is 9.44. The predicted molar refractivity (Wildman–Crippen MR) is 102 cm³/mol. The standard InChI is InChI=1S/C22H25FN2O2/c1-24(2)21(26)20-18-5-3-4-6-19(18)22(27-20)11-13-25(14-12-22)15-16-7-9-17(23)10-8-16/h3-10,20H,11-15H2,1-2H3. The van der Waals surface area contributed by atoms with E-state index in [1.807, 2.05) is 30.3 Å². The predicted octanol–water partition coefficient (Wildman–Crippen LogP) is 3.48. The summed E-state index contributed by atoms with van der Waals surface area (Å²) < 4.78 is 19.5. The molecule has 1 spiro atoms. The SMILES string of the molecule is CN(C)C(=O)C1OC2(CCN(Cc3ccc(F)cc3)CC2)c2ccccc21. The average Bonchev–Trinajstić information content (AvgIpc) is 2.99. The third-order valence-electron chi connectivity index (χ3n) is 5.73. The van der Waals surface area contributed by atoms with Crippen LogP contribution in [0.1, 0.15) is 35.6 Å². The van der Waals surface area contributed by atoms with Gasteiger partial charge in [0.15, 0.2) is 6.10 Å². The first-order valence-electron chi connectivity index (χ1n) is 9.44. The van der Waals surface area contributed by atoms with E-state index in [1.165, 1.54) is 12.1 Å². The molecular formula is C22H25FN2O2. The molecule has 0 radical (unpaired) electrons. The number of nitrogens with zero attached hydrogens (tertiary/aromatic N) is 2. The first-order chi connectivity index (χ1) is 13.0. The van der Waals surface area contributed by atoms with Crippen molar-refractivity contribution in [2.45, 2.75) is 31.1 Å². The van der Waals surface area contributed by atoms with E-state index in [4.69, 9.17) is 4.74 Å². The summed E-state index contributed by atoms with van der Waals surface area (Å²) in [5.74, 6) is -0.211. The highest BCUT2D eigenvalue weighted by Gasteiger charge is 2.48. The molecule has 1 fully saturated rings. The normalized spacial score (nSPS) is 21.2. The number of likely N-dealkylation sites (tertiary alicyclic amines) is 1. The molecule has 2 aromatic rings. The molecule has 1 atom stereocenters. The largest absolute Gasteiger partial charge is 0.352 e. The van der Waals surface area contributed by atoms with E-state index in [2.05, 4.69) is 11.0 Å². The molecule has 2 aromatic carbocycles. The van der Waals surface area contributed by atoms with Gasteiger partial charge in [-0.05, 0) is 41.7 Å². The smallest absolute Gasteiger partial charge is 0.255 e. The van der Waals surface area contributed by atoms with Gasteiger partial charge in [-0.1, -0.05) is 36.4 Å². The van der Waals surface area contributed by atoms with Gasteiger partial charge in [0, 0.05) is 33.7 Å². The van der Waals surface area contributed by atoms with Gasteiger partial charge < -0.3 is 9.64 Å². The Bertz CT molecular complexity index is 826. The highest BCUT2D eigenvalue weighted by atomic mass is 19.1. The Morgan fingerprint density at radius 1 is 1.15 bits per heavy atom. The number of piperidine rings is 1. The van der Waals surface area contributed by atoms with Crippen LogP contribution in [0.5, 0.6) is 0 Å². The lowest BCUT2D eigenvalue weighted by Gasteiger charge is -2.39. The lowest BCUT2D eigenvalue weighted by atomic mass is 9.83. The van der Waals surface area contributed by atoms with Gasteiger partial charge in [0.1, 0.15) is 5.82 Å². The van der Waals surface area contributed by atoms with Crippen LogP contribution in [0.4, 0.5) is 4.39 Å². The maximum Gasteiger partial charge on any atom is 0.255 e. The average molecular weight is 368 g/mol. The maximum atomic E-state index is 13.1. The number of carbonyl (C=O) groups is 1. The molecule has 4 nitrogen and oxygen atoms in total. The Hall–Kier alpha value is -2.24. The molecule has 4 rings (SSSR count). The van der Waals surface area contributed by atoms with Crippen molar-refractivity contribution in [3.63, 3.8) is 0 Å². The van der Waals surface area contributed by atoms with E-state index in [1.54, 1.807) is 19.0 Å². The number of fused-ring (bicyclic) bond motifs is 2. The fraction of sp³-hybridized carbons (Fsp3) is 0.409. The quantitative estimate of drug-likeness (QED) is 0.832. The monoisotopic (exact) mass is 368 g/mol. The number of likely N-dealkylation sites (N-methyl/N-ethyl adjacent to an activating group) is 1. The van der Waals surface area contributed by atoms with Gasteiger partial charge in [-0.3, -0.25) is 9.69 Å². The van der Waals surface area contributed by atoms with E-state index >= 15 is 0 Å². The Kier molecular flexibility index (Phi) is 4.74. The number of ether oxygens (including phenoxy) is 1. The van der Waals surface area contributed by atoms with Crippen molar-refractivity contribution < 1.29 is 13.9 Å². The van der Waals surface area contributed by atoms with Crippen LogP contribution in [0, 0.1) is 5.82 Å². The number of carbonyl (C=O) groups excluding carboxylic acids is 1.